The van der Waals surface area contributed by atoms with Crippen LogP contribution in [0.15, 0.2) is 24.3 Å². The average Bonchev–Trinajstić information content (AvgIpc) is 2.40. The number of phenolic OH excluding ortho intramolecular Hbond substituents is 1. The number of nitrogens with one attached hydrogen (secondary N) is 1. The maximum absolute atomic E-state index is 11.8. The van der Waals surface area contributed by atoms with Gasteiger partial charge < -0.3 is 20.9 Å². The van der Waals surface area contributed by atoms with Gasteiger partial charge in [-0.1, -0.05) is 26.0 Å². The lowest BCUT2D eigenvalue weighted by atomic mass is 10.1. The lowest BCUT2D eigenvalue weighted by molar-refractivity contribution is -0.122. The molecule has 4 N–H and O–H groups in total. The van der Waals surface area contributed by atoms with Crippen LogP contribution in [0.1, 0.15) is 19.4 Å². The molecule has 0 heterocycles. The zero-order valence-electron chi connectivity index (χ0n) is 12.1. The number of phenols is 1. The fourth-order valence-corrected chi connectivity index (χ4v) is 1.68. The Kier molecular flexibility index (Phi) is 7.04. The molecule has 0 fully saturated rings. The molecule has 1 aromatic rings. The van der Waals surface area contributed by atoms with Crippen molar-refractivity contribution in [3.05, 3.63) is 29.8 Å². The van der Waals surface area contributed by atoms with E-state index < -0.39 is 6.04 Å². The highest BCUT2D eigenvalue weighted by Gasteiger charge is 2.13. The molecule has 112 valence electrons. The molecule has 1 aromatic carbocycles. The number of hydrogen-bond acceptors (Lipinski definition) is 4. The van der Waals surface area contributed by atoms with Gasteiger partial charge in [0.15, 0.2) is 0 Å². The Morgan fingerprint density at radius 1 is 1.35 bits per heavy atom. The molecular weight excluding hydrogens is 256 g/mol. The van der Waals surface area contributed by atoms with E-state index in [1.165, 1.54) is 0 Å². The maximum Gasteiger partial charge on any atom is 0.237 e. The average molecular weight is 280 g/mol. The highest BCUT2D eigenvalue weighted by molar-refractivity contribution is 5.81. The van der Waals surface area contributed by atoms with E-state index in [-0.39, 0.29) is 11.7 Å². The van der Waals surface area contributed by atoms with Crippen LogP contribution < -0.4 is 11.1 Å². The van der Waals surface area contributed by atoms with Crippen molar-refractivity contribution in [2.75, 3.05) is 19.8 Å². The lowest BCUT2D eigenvalue weighted by Gasteiger charge is -2.13. The second-order valence-corrected chi connectivity index (χ2v) is 5.24. The molecule has 20 heavy (non-hydrogen) atoms. The summed E-state index contributed by atoms with van der Waals surface area (Å²) in [6.45, 7) is 5.80. The molecule has 0 saturated heterocycles. The van der Waals surface area contributed by atoms with Crippen LogP contribution in [0.4, 0.5) is 0 Å². The number of carbonyl (C=O) groups excluding carboxylic acids is 1. The van der Waals surface area contributed by atoms with E-state index in [9.17, 15) is 9.90 Å². The van der Waals surface area contributed by atoms with E-state index in [4.69, 9.17) is 10.5 Å². The summed E-state index contributed by atoms with van der Waals surface area (Å²) in [5.74, 6) is 0.503. The minimum Gasteiger partial charge on any atom is -0.508 e. The van der Waals surface area contributed by atoms with Gasteiger partial charge in [-0.15, -0.1) is 0 Å². The first kappa shape index (κ1) is 16.5. The molecule has 1 atom stereocenters. The summed E-state index contributed by atoms with van der Waals surface area (Å²) in [4.78, 5) is 11.8. The summed E-state index contributed by atoms with van der Waals surface area (Å²) in [7, 11) is 0. The summed E-state index contributed by atoms with van der Waals surface area (Å²) in [5.41, 5.74) is 6.75. The first-order valence-corrected chi connectivity index (χ1v) is 6.88. The summed E-state index contributed by atoms with van der Waals surface area (Å²) in [6.07, 6.45) is 0.443. The van der Waals surface area contributed by atoms with Crippen LogP contribution in [0.5, 0.6) is 5.75 Å². The Balaban J connectivity index is 2.23. The van der Waals surface area contributed by atoms with Crippen LogP contribution in [0.3, 0.4) is 0 Å². The van der Waals surface area contributed by atoms with E-state index in [0.717, 1.165) is 5.56 Å². The Bertz CT molecular complexity index is 404. The Hall–Kier alpha value is -1.59. The predicted octanol–water partition coefficient (Wildman–Crippen LogP) is 1.05. The third kappa shape index (κ3) is 6.54. The number of amides is 1. The largest absolute Gasteiger partial charge is 0.508 e. The molecular formula is C15H24N2O3. The molecule has 5 nitrogen and oxygen atoms in total. The fraction of sp³-hybridized carbons (Fsp3) is 0.533. The van der Waals surface area contributed by atoms with E-state index in [1.807, 2.05) is 0 Å². The van der Waals surface area contributed by atoms with E-state index >= 15 is 0 Å². The van der Waals surface area contributed by atoms with Crippen molar-refractivity contribution >= 4 is 5.91 Å². The van der Waals surface area contributed by atoms with Gasteiger partial charge in [0.1, 0.15) is 5.75 Å². The molecule has 0 bridgehead atoms. The summed E-state index contributed by atoms with van der Waals surface area (Å²) in [6, 6.07) is 6.09. The molecule has 0 aromatic heterocycles. The van der Waals surface area contributed by atoms with Gasteiger partial charge in [0.2, 0.25) is 5.91 Å². The van der Waals surface area contributed by atoms with E-state index in [2.05, 4.69) is 19.2 Å². The summed E-state index contributed by atoms with van der Waals surface area (Å²) in [5, 5.41) is 11.9. The Labute approximate surface area is 120 Å². The molecule has 1 amide bonds. The molecule has 1 rings (SSSR count). The molecule has 0 radical (unpaired) electrons. The minimum absolute atomic E-state index is 0.189. The summed E-state index contributed by atoms with van der Waals surface area (Å²) < 4.78 is 5.37. The molecule has 0 aliphatic rings. The maximum atomic E-state index is 11.8. The normalized spacial score (nSPS) is 12.4. The third-order valence-electron chi connectivity index (χ3n) is 2.73. The topological polar surface area (TPSA) is 84.6 Å². The van der Waals surface area contributed by atoms with Crippen LogP contribution >= 0.6 is 0 Å². The smallest absolute Gasteiger partial charge is 0.237 e. The SMILES string of the molecule is CC(C)COCCNC(=O)[C@H](N)Cc1ccc(O)cc1. The Morgan fingerprint density at radius 2 is 2.00 bits per heavy atom. The van der Waals surface area contributed by atoms with Crippen molar-refractivity contribution in [1.29, 1.82) is 0 Å². The first-order valence-electron chi connectivity index (χ1n) is 6.88. The van der Waals surface area contributed by atoms with Gasteiger partial charge in [-0.25, -0.2) is 0 Å². The van der Waals surface area contributed by atoms with Crippen molar-refractivity contribution in [2.45, 2.75) is 26.3 Å². The highest BCUT2D eigenvalue weighted by Crippen LogP contribution is 2.10. The lowest BCUT2D eigenvalue weighted by Crippen LogP contribution is -2.43. The molecule has 5 heteroatoms. The van der Waals surface area contributed by atoms with Crippen LogP contribution in [-0.2, 0) is 16.0 Å². The van der Waals surface area contributed by atoms with Crippen molar-refractivity contribution in [3.63, 3.8) is 0 Å². The van der Waals surface area contributed by atoms with Gasteiger partial charge in [0.05, 0.1) is 12.6 Å². The number of hydrogen-bond donors (Lipinski definition) is 3. The van der Waals surface area contributed by atoms with E-state index in [0.29, 0.717) is 32.1 Å². The van der Waals surface area contributed by atoms with Crippen molar-refractivity contribution in [1.82, 2.24) is 5.32 Å². The Morgan fingerprint density at radius 3 is 2.60 bits per heavy atom. The van der Waals surface area contributed by atoms with Gasteiger partial charge in [-0.3, -0.25) is 4.79 Å². The van der Waals surface area contributed by atoms with Gasteiger partial charge in [0, 0.05) is 13.2 Å². The van der Waals surface area contributed by atoms with Crippen molar-refractivity contribution in [3.8, 4) is 5.75 Å². The number of benzene rings is 1. The van der Waals surface area contributed by atoms with Gasteiger partial charge in [-0.2, -0.15) is 0 Å². The van der Waals surface area contributed by atoms with E-state index in [1.54, 1.807) is 24.3 Å². The molecule has 0 saturated carbocycles. The van der Waals surface area contributed by atoms with Gasteiger partial charge in [0.25, 0.3) is 0 Å². The zero-order chi connectivity index (χ0) is 15.0. The van der Waals surface area contributed by atoms with Gasteiger partial charge in [-0.05, 0) is 30.0 Å². The van der Waals surface area contributed by atoms with Crippen LogP contribution in [0.2, 0.25) is 0 Å². The monoisotopic (exact) mass is 280 g/mol. The second kappa shape index (κ2) is 8.55. The second-order valence-electron chi connectivity index (χ2n) is 5.24. The number of ether oxygens (including phenoxy) is 1. The number of aromatic hydroxyl groups is 1. The van der Waals surface area contributed by atoms with Crippen molar-refractivity contribution < 1.29 is 14.6 Å². The fourth-order valence-electron chi connectivity index (χ4n) is 1.68. The number of nitrogens with two attached hydrogens (primary N) is 1. The van der Waals surface area contributed by atoms with Crippen LogP contribution in [-0.4, -0.2) is 36.8 Å². The minimum atomic E-state index is -0.593. The van der Waals surface area contributed by atoms with Crippen LogP contribution in [0.25, 0.3) is 0 Å². The number of carbonyl (C=O) groups is 1. The molecule has 0 aliphatic heterocycles. The van der Waals surface area contributed by atoms with Crippen LogP contribution in [0, 0.1) is 5.92 Å². The third-order valence-corrected chi connectivity index (χ3v) is 2.73. The quantitative estimate of drug-likeness (QED) is 0.621. The standard InChI is InChI=1S/C15H24N2O3/c1-11(2)10-20-8-7-17-15(19)14(16)9-12-3-5-13(18)6-4-12/h3-6,11,14,18H,7-10,16H2,1-2H3,(H,17,19)/t14-/m1/s1. The highest BCUT2D eigenvalue weighted by atomic mass is 16.5. The zero-order valence-corrected chi connectivity index (χ0v) is 12.1. The first-order chi connectivity index (χ1) is 9.49. The number of rotatable bonds is 8. The molecule has 0 unspecified atom stereocenters. The summed E-state index contributed by atoms with van der Waals surface area (Å²) >= 11 is 0. The van der Waals surface area contributed by atoms with Gasteiger partial charge >= 0.3 is 0 Å². The molecule has 0 aliphatic carbocycles. The predicted molar refractivity (Wildman–Crippen MR) is 78.5 cm³/mol. The molecule has 0 spiro atoms. The van der Waals surface area contributed by atoms with Crippen molar-refractivity contribution in [2.24, 2.45) is 11.7 Å².